The molecule has 1 heterocycles. The topological polar surface area (TPSA) is 38.2 Å². The van der Waals surface area contributed by atoms with Gasteiger partial charge in [-0.3, -0.25) is 4.98 Å². The molecule has 0 aromatic carbocycles. The summed E-state index contributed by atoms with van der Waals surface area (Å²) in [4.78, 5) is 11.0. The Morgan fingerprint density at radius 1 is 1.47 bits per heavy atom. The molecule has 0 N–H and O–H groups in total. The Morgan fingerprint density at radius 3 is 2.88 bits per heavy atom. The smallest absolute Gasteiger partial charge is 0.233 e. The number of alkyl halides is 1. The highest BCUT2D eigenvalue weighted by atomic mass is 79.9. The van der Waals surface area contributed by atoms with Crippen LogP contribution in [-0.2, 0) is 0 Å². The van der Waals surface area contributed by atoms with Crippen molar-refractivity contribution in [3.8, 4) is 5.88 Å². The second-order valence-electron chi connectivity index (χ2n) is 4.24. The Kier molecular flexibility index (Phi) is 4.59. The second-order valence-corrected chi connectivity index (χ2v) is 5.03. The molecule has 0 radical (unpaired) electrons. The Bertz CT molecular complexity index is 357. The maximum atomic E-state index is 5.13. The molecule has 0 unspecified atom stereocenters. The number of aromatic nitrogens is 2. The fraction of sp³-hybridized carbons (Fsp3) is 0.667. The van der Waals surface area contributed by atoms with Crippen molar-refractivity contribution >= 4 is 21.7 Å². The molecule has 1 aliphatic rings. The molecule has 1 aromatic heterocycles. The quantitative estimate of drug-likeness (QED) is 0.757. The van der Waals surface area contributed by atoms with E-state index in [1.165, 1.54) is 19.3 Å². The van der Waals surface area contributed by atoms with Crippen LogP contribution in [0.4, 0.5) is 5.82 Å². The van der Waals surface area contributed by atoms with Gasteiger partial charge in [0, 0.05) is 17.9 Å². The number of methoxy groups -OCH3 is 1. The van der Waals surface area contributed by atoms with Crippen molar-refractivity contribution < 1.29 is 4.74 Å². The molecule has 1 fully saturated rings. The van der Waals surface area contributed by atoms with E-state index >= 15 is 0 Å². The molecule has 4 nitrogen and oxygen atoms in total. The molecule has 1 aliphatic carbocycles. The molecule has 0 atom stereocenters. The van der Waals surface area contributed by atoms with Crippen LogP contribution in [0.5, 0.6) is 5.88 Å². The third-order valence-electron chi connectivity index (χ3n) is 3.15. The van der Waals surface area contributed by atoms with Crippen LogP contribution in [0.2, 0.25) is 0 Å². The minimum absolute atomic E-state index is 0.589. The number of hydrogen-bond donors (Lipinski definition) is 0. The molecule has 2 rings (SSSR count). The largest absolute Gasteiger partial charge is 0.480 e. The SMILES string of the molecule is COc1cncc(N(CCCBr)C2CCC2)n1. The van der Waals surface area contributed by atoms with Crippen molar-refractivity contribution in [3.63, 3.8) is 0 Å². The molecule has 94 valence electrons. The van der Waals surface area contributed by atoms with Gasteiger partial charge in [0.2, 0.25) is 5.88 Å². The summed E-state index contributed by atoms with van der Waals surface area (Å²) in [6.45, 7) is 1.03. The summed E-state index contributed by atoms with van der Waals surface area (Å²) in [7, 11) is 1.62. The van der Waals surface area contributed by atoms with Gasteiger partial charge in [0.1, 0.15) is 0 Å². The van der Waals surface area contributed by atoms with E-state index in [4.69, 9.17) is 4.74 Å². The third-order valence-corrected chi connectivity index (χ3v) is 3.71. The highest BCUT2D eigenvalue weighted by molar-refractivity contribution is 9.09. The number of rotatable bonds is 6. The van der Waals surface area contributed by atoms with Crippen molar-refractivity contribution in [2.75, 3.05) is 23.9 Å². The summed E-state index contributed by atoms with van der Waals surface area (Å²) < 4.78 is 5.13. The van der Waals surface area contributed by atoms with Gasteiger partial charge in [0.15, 0.2) is 5.82 Å². The summed E-state index contributed by atoms with van der Waals surface area (Å²) in [5.74, 6) is 1.53. The average molecular weight is 300 g/mol. The Balaban J connectivity index is 2.11. The van der Waals surface area contributed by atoms with Gasteiger partial charge in [0.05, 0.1) is 19.5 Å². The highest BCUT2D eigenvalue weighted by Crippen LogP contribution is 2.29. The molecule has 0 spiro atoms. The standard InChI is InChI=1S/C12H18BrN3O/c1-17-12-9-14-8-11(15-12)16(7-3-6-13)10-4-2-5-10/h8-10H,2-7H2,1H3. The van der Waals surface area contributed by atoms with E-state index in [1.54, 1.807) is 13.3 Å². The molecular weight excluding hydrogens is 282 g/mol. The summed E-state index contributed by atoms with van der Waals surface area (Å²) in [5, 5.41) is 1.02. The van der Waals surface area contributed by atoms with Crippen LogP contribution in [0.1, 0.15) is 25.7 Å². The van der Waals surface area contributed by atoms with E-state index in [0.29, 0.717) is 11.9 Å². The number of nitrogens with zero attached hydrogens (tertiary/aromatic N) is 3. The molecular formula is C12H18BrN3O. The molecule has 1 aromatic rings. The lowest BCUT2D eigenvalue weighted by Crippen LogP contribution is -2.41. The van der Waals surface area contributed by atoms with Crippen molar-refractivity contribution in [2.45, 2.75) is 31.7 Å². The molecule has 5 heteroatoms. The van der Waals surface area contributed by atoms with Crippen molar-refractivity contribution in [1.82, 2.24) is 9.97 Å². The first kappa shape index (κ1) is 12.6. The molecule has 17 heavy (non-hydrogen) atoms. The van der Waals surface area contributed by atoms with Crippen LogP contribution in [0, 0.1) is 0 Å². The monoisotopic (exact) mass is 299 g/mol. The van der Waals surface area contributed by atoms with Gasteiger partial charge in [-0.2, -0.15) is 4.98 Å². The summed E-state index contributed by atoms with van der Waals surface area (Å²) >= 11 is 3.48. The van der Waals surface area contributed by atoms with E-state index in [1.807, 2.05) is 6.20 Å². The van der Waals surface area contributed by atoms with E-state index in [0.717, 1.165) is 24.1 Å². The van der Waals surface area contributed by atoms with Crippen LogP contribution in [0.15, 0.2) is 12.4 Å². The fourth-order valence-electron chi connectivity index (χ4n) is 1.99. The predicted molar refractivity (Wildman–Crippen MR) is 72.0 cm³/mol. The van der Waals surface area contributed by atoms with Gasteiger partial charge < -0.3 is 9.64 Å². The number of hydrogen-bond acceptors (Lipinski definition) is 4. The second kappa shape index (κ2) is 6.19. The highest BCUT2D eigenvalue weighted by Gasteiger charge is 2.25. The molecule has 1 saturated carbocycles. The summed E-state index contributed by atoms with van der Waals surface area (Å²) in [6.07, 6.45) is 8.45. The number of anilines is 1. The molecule has 0 bridgehead atoms. The van der Waals surface area contributed by atoms with E-state index < -0.39 is 0 Å². The van der Waals surface area contributed by atoms with Gasteiger partial charge >= 0.3 is 0 Å². The minimum Gasteiger partial charge on any atom is -0.480 e. The van der Waals surface area contributed by atoms with Crippen molar-refractivity contribution in [1.29, 1.82) is 0 Å². The van der Waals surface area contributed by atoms with Gasteiger partial charge in [-0.1, -0.05) is 15.9 Å². The third kappa shape index (κ3) is 3.09. The van der Waals surface area contributed by atoms with Gasteiger partial charge in [0.25, 0.3) is 0 Å². The number of ether oxygens (including phenoxy) is 1. The Morgan fingerprint density at radius 2 is 2.29 bits per heavy atom. The lowest BCUT2D eigenvalue weighted by atomic mass is 9.91. The van der Waals surface area contributed by atoms with Crippen LogP contribution in [0.25, 0.3) is 0 Å². The molecule has 0 amide bonds. The van der Waals surface area contributed by atoms with Crippen molar-refractivity contribution in [3.05, 3.63) is 12.4 Å². The maximum absolute atomic E-state index is 5.13. The first-order valence-electron chi connectivity index (χ1n) is 6.04. The molecule has 0 aliphatic heterocycles. The maximum Gasteiger partial charge on any atom is 0.233 e. The van der Waals surface area contributed by atoms with Crippen LogP contribution >= 0.6 is 15.9 Å². The fourth-order valence-corrected chi connectivity index (χ4v) is 2.24. The number of halogens is 1. The Hall–Kier alpha value is -0.840. The average Bonchev–Trinajstić information content (AvgIpc) is 2.32. The lowest BCUT2D eigenvalue weighted by Gasteiger charge is -2.38. The predicted octanol–water partition coefficient (Wildman–Crippen LogP) is 2.63. The zero-order valence-electron chi connectivity index (χ0n) is 10.1. The van der Waals surface area contributed by atoms with Crippen molar-refractivity contribution in [2.24, 2.45) is 0 Å². The van der Waals surface area contributed by atoms with Gasteiger partial charge in [-0.05, 0) is 25.7 Å². The van der Waals surface area contributed by atoms with Crippen LogP contribution in [0.3, 0.4) is 0 Å². The summed E-state index contributed by atoms with van der Waals surface area (Å²) in [5.41, 5.74) is 0. The normalized spacial score (nSPS) is 15.4. The zero-order valence-corrected chi connectivity index (χ0v) is 11.7. The van der Waals surface area contributed by atoms with Crippen LogP contribution in [-0.4, -0.2) is 35.0 Å². The van der Waals surface area contributed by atoms with Gasteiger partial charge in [-0.25, -0.2) is 0 Å². The summed E-state index contributed by atoms with van der Waals surface area (Å²) in [6, 6.07) is 0.635. The first-order valence-corrected chi connectivity index (χ1v) is 7.16. The first-order chi connectivity index (χ1) is 8.35. The zero-order chi connectivity index (χ0) is 12.1. The Labute approximate surface area is 111 Å². The molecule has 0 saturated heterocycles. The van der Waals surface area contributed by atoms with E-state index in [9.17, 15) is 0 Å². The van der Waals surface area contributed by atoms with Crippen LogP contribution < -0.4 is 9.64 Å². The van der Waals surface area contributed by atoms with E-state index in [2.05, 4.69) is 30.8 Å². The minimum atomic E-state index is 0.589. The van der Waals surface area contributed by atoms with Gasteiger partial charge in [-0.15, -0.1) is 0 Å². The lowest BCUT2D eigenvalue weighted by molar-refractivity contribution is 0.375. The van der Waals surface area contributed by atoms with E-state index in [-0.39, 0.29) is 0 Å².